The van der Waals surface area contributed by atoms with Gasteiger partial charge in [0.1, 0.15) is 0 Å². The van der Waals surface area contributed by atoms with E-state index in [9.17, 15) is 0 Å². The molecule has 2 nitrogen and oxygen atoms in total. The van der Waals surface area contributed by atoms with Crippen LogP contribution in [0, 0.1) is 6.92 Å². The van der Waals surface area contributed by atoms with Crippen LogP contribution in [-0.4, -0.2) is 4.57 Å². The summed E-state index contributed by atoms with van der Waals surface area (Å²) in [4.78, 5) is 2.15. The number of fused-ring (bicyclic) bond motifs is 3. The van der Waals surface area contributed by atoms with Crippen LogP contribution in [0.5, 0.6) is 0 Å². The molecule has 0 N–H and O–H groups in total. The molecule has 3 aromatic carbocycles. The Hall–Kier alpha value is -3.52. The van der Waals surface area contributed by atoms with Gasteiger partial charge >= 0.3 is 0 Å². The summed E-state index contributed by atoms with van der Waals surface area (Å²) in [6.07, 6.45) is 8.18. The topological polar surface area (TPSA) is 8.17 Å². The van der Waals surface area contributed by atoms with Crippen molar-refractivity contribution in [3.8, 4) is 5.69 Å². The van der Waals surface area contributed by atoms with E-state index in [1.54, 1.807) is 0 Å². The molecule has 0 radical (unpaired) electrons. The van der Waals surface area contributed by atoms with Crippen molar-refractivity contribution in [3.63, 3.8) is 0 Å². The molecule has 130 valence electrons. The van der Waals surface area contributed by atoms with Crippen LogP contribution in [0.25, 0.3) is 27.5 Å². The lowest BCUT2D eigenvalue weighted by atomic mass is 10.1. The molecular weight excluding hydrogens is 328 g/mol. The summed E-state index contributed by atoms with van der Waals surface area (Å²) >= 11 is 0. The minimum absolute atomic E-state index is 0.974. The van der Waals surface area contributed by atoms with E-state index in [1.807, 2.05) is 18.2 Å². The van der Waals surface area contributed by atoms with E-state index < -0.39 is 0 Å². The summed E-state index contributed by atoms with van der Waals surface area (Å²) in [5, 5.41) is 2.55. The second kappa shape index (κ2) is 6.03. The second-order valence-corrected chi connectivity index (χ2v) is 6.91. The highest BCUT2D eigenvalue weighted by Crippen LogP contribution is 2.37. The van der Waals surface area contributed by atoms with Crippen molar-refractivity contribution < 1.29 is 0 Å². The van der Waals surface area contributed by atoms with Gasteiger partial charge in [0.2, 0.25) is 0 Å². The van der Waals surface area contributed by atoms with Gasteiger partial charge in [0, 0.05) is 28.4 Å². The lowest BCUT2D eigenvalue weighted by Crippen LogP contribution is -2.15. The molecule has 27 heavy (non-hydrogen) atoms. The Kier molecular flexibility index (Phi) is 3.51. The highest BCUT2D eigenvalue weighted by molar-refractivity contribution is 6.10. The van der Waals surface area contributed by atoms with Crippen molar-refractivity contribution in [3.05, 3.63) is 109 Å². The van der Waals surface area contributed by atoms with Crippen LogP contribution in [0.15, 0.2) is 103 Å². The maximum Gasteiger partial charge on any atom is 0.0562 e. The number of para-hydroxylation sites is 2. The maximum absolute atomic E-state index is 4.20. The molecule has 0 spiro atoms. The van der Waals surface area contributed by atoms with Crippen molar-refractivity contribution in [2.75, 3.05) is 4.90 Å². The lowest BCUT2D eigenvalue weighted by Gasteiger charge is -2.25. The van der Waals surface area contributed by atoms with Gasteiger partial charge in [-0.1, -0.05) is 49.1 Å². The molecule has 2 heterocycles. The number of benzene rings is 3. The number of nitrogens with zero attached hydrogens (tertiary/aromatic N) is 2. The van der Waals surface area contributed by atoms with Crippen molar-refractivity contribution in [2.45, 2.75) is 6.92 Å². The van der Waals surface area contributed by atoms with Crippen LogP contribution in [0.4, 0.5) is 5.69 Å². The second-order valence-electron chi connectivity index (χ2n) is 6.91. The first-order chi connectivity index (χ1) is 13.2. The zero-order valence-electron chi connectivity index (χ0n) is 15.3. The predicted molar refractivity (Wildman–Crippen MR) is 115 cm³/mol. The van der Waals surface area contributed by atoms with E-state index in [4.69, 9.17) is 0 Å². The Morgan fingerprint density at radius 1 is 0.778 bits per heavy atom. The van der Waals surface area contributed by atoms with Crippen LogP contribution in [0.1, 0.15) is 5.56 Å². The highest BCUT2D eigenvalue weighted by atomic mass is 15.1. The summed E-state index contributed by atoms with van der Waals surface area (Å²) < 4.78 is 2.35. The molecular formula is C25H20N2. The van der Waals surface area contributed by atoms with Crippen LogP contribution in [0.3, 0.4) is 0 Å². The van der Waals surface area contributed by atoms with Crippen molar-refractivity contribution in [1.29, 1.82) is 0 Å². The molecule has 0 aliphatic carbocycles. The Morgan fingerprint density at radius 2 is 1.56 bits per heavy atom. The molecule has 0 saturated carbocycles. The van der Waals surface area contributed by atoms with E-state index in [1.165, 1.54) is 33.1 Å². The van der Waals surface area contributed by atoms with Gasteiger partial charge in [-0.3, -0.25) is 0 Å². The van der Waals surface area contributed by atoms with Gasteiger partial charge < -0.3 is 9.47 Å². The van der Waals surface area contributed by atoms with E-state index in [2.05, 4.69) is 95.9 Å². The Bertz CT molecular complexity index is 1240. The smallest absolute Gasteiger partial charge is 0.0562 e. The molecule has 1 aromatic heterocycles. The number of hydrogen-bond donors (Lipinski definition) is 0. The van der Waals surface area contributed by atoms with Gasteiger partial charge in [-0.2, -0.15) is 0 Å². The van der Waals surface area contributed by atoms with Gasteiger partial charge in [0.25, 0.3) is 0 Å². The summed E-state index contributed by atoms with van der Waals surface area (Å²) in [6.45, 7) is 6.37. The molecule has 0 atom stereocenters. The van der Waals surface area contributed by atoms with Crippen LogP contribution < -0.4 is 4.90 Å². The number of aryl methyl sites for hydroxylation is 1. The standard InChI is InChI=1S/C25H20N2/c1-18-16-22-21-13-6-7-14-23(21)27(20-11-4-3-5-12-20)25(22)17-24(18)26-15-9-8-10-19(26)2/h3-17H,2H2,1H3. The Labute approximate surface area is 159 Å². The summed E-state index contributed by atoms with van der Waals surface area (Å²) in [5.41, 5.74) is 6.98. The third-order valence-corrected chi connectivity index (χ3v) is 5.21. The summed E-state index contributed by atoms with van der Waals surface area (Å²) in [6, 6.07) is 23.8. The minimum Gasteiger partial charge on any atom is -0.317 e. The van der Waals surface area contributed by atoms with Crippen molar-refractivity contribution in [1.82, 2.24) is 4.57 Å². The largest absolute Gasteiger partial charge is 0.317 e. The summed E-state index contributed by atoms with van der Waals surface area (Å²) in [5.74, 6) is 0. The first-order valence-corrected chi connectivity index (χ1v) is 9.16. The lowest BCUT2D eigenvalue weighted by molar-refractivity contribution is 1.16. The molecule has 2 heteroatoms. The SMILES string of the molecule is C=C1C=CC=CN1c1cc2c(cc1C)c1ccccc1n2-c1ccccc1. The molecule has 5 rings (SSSR count). The molecule has 1 aliphatic rings. The fourth-order valence-electron chi connectivity index (χ4n) is 3.94. The number of aromatic nitrogens is 1. The minimum atomic E-state index is 0.974. The summed E-state index contributed by atoms with van der Waals surface area (Å²) in [7, 11) is 0. The third-order valence-electron chi connectivity index (χ3n) is 5.21. The van der Waals surface area contributed by atoms with Gasteiger partial charge in [0.15, 0.2) is 0 Å². The average Bonchev–Trinajstić information content (AvgIpc) is 3.02. The predicted octanol–water partition coefficient (Wildman–Crippen LogP) is 6.50. The molecule has 0 amide bonds. The molecule has 0 fully saturated rings. The zero-order valence-corrected chi connectivity index (χ0v) is 15.3. The fraction of sp³-hybridized carbons (Fsp3) is 0.0400. The molecule has 0 bridgehead atoms. The highest BCUT2D eigenvalue weighted by Gasteiger charge is 2.17. The van der Waals surface area contributed by atoms with Crippen LogP contribution in [-0.2, 0) is 0 Å². The number of allylic oxidation sites excluding steroid dienone is 3. The number of anilines is 1. The maximum atomic E-state index is 4.20. The van der Waals surface area contributed by atoms with Crippen LogP contribution >= 0.6 is 0 Å². The van der Waals surface area contributed by atoms with Gasteiger partial charge in [0.05, 0.1) is 16.7 Å². The third kappa shape index (κ3) is 2.42. The molecule has 0 unspecified atom stereocenters. The monoisotopic (exact) mass is 348 g/mol. The van der Waals surface area contributed by atoms with Crippen LogP contribution in [0.2, 0.25) is 0 Å². The Morgan fingerprint density at radius 3 is 2.37 bits per heavy atom. The first kappa shape index (κ1) is 15.7. The van der Waals surface area contributed by atoms with Gasteiger partial charge in [-0.25, -0.2) is 0 Å². The van der Waals surface area contributed by atoms with E-state index in [0.29, 0.717) is 0 Å². The zero-order chi connectivity index (χ0) is 18.4. The quantitative estimate of drug-likeness (QED) is 0.401. The van der Waals surface area contributed by atoms with Crippen molar-refractivity contribution in [2.24, 2.45) is 0 Å². The number of hydrogen-bond acceptors (Lipinski definition) is 1. The van der Waals surface area contributed by atoms with E-state index >= 15 is 0 Å². The van der Waals surface area contributed by atoms with Gasteiger partial charge in [-0.05, 0) is 55.0 Å². The molecule has 4 aromatic rings. The number of rotatable bonds is 2. The molecule has 1 aliphatic heterocycles. The first-order valence-electron chi connectivity index (χ1n) is 9.16. The molecule has 0 saturated heterocycles. The van der Waals surface area contributed by atoms with E-state index in [-0.39, 0.29) is 0 Å². The Balaban J connectivity index is 1.86. The van der Waals surface area contributed by atoms with E-state index in [0.717, 1.165) is 11.4 Å². The van der Waals surface area contributed by atoms with Crippen molar-refractivity contribution >= 4 is 27.5 Å². The fourth-order valence-corrected chi connectivity index (χ4v) is 3.94. The normalized spacial score (nSPS) is 13.8. The van der Waals surface area contributed by atoms with Gasteiger partial charge in [-0.15, -0.1) is 0 Å². The average molecular weight is 348 g/mol.